The highest BCUT2D eigenvalue weighted by atomic mass is 16.5. The zero-order chi connectivity index (χ0) is 19.9. The molecule has 0 N–H and O–H groups in total. The fourth-order valence-electron chi connectivity index (χ4n) is 4.52. The predicted octanol–water partition coefficient (Wildman–Crippen LogP) is 5.52. The molecule has 3 atom stereocenters. The normalized spacial score (nSPS) is 23.8. The van der Waals surface area contributed by atoms with Gasteiger partial charge in [-0.15, -0.1) is 0 Å². The summed E-state index contributed by atoms with van der Waals surface area (Å²) in [5, 5.41) is 1.57. The van der Waals surface area contributed by atoms with E-state index in [1.54, 1.807) is 12.1 Å². The lowest BCUT2D eigenvalue weighted by Crippen LogP contribution is -2.28. The van der Waals surface area contributed by atoms with Crippen LogP contribution in [0.5, 0.6) is 11.5 Å². The first kappa shape index (κ1) is 19.0. The van der Waals surface area contributed by atoms with Crippen molar-refractivity contribution in [2.24, 2.45) is 23.2 Å². The molecule has 4 heteroatoms. The number of fused-ring (bicyclic) bond motifs is 3. The van der Waals surface area contributed by atoms with Crippen LogP contribution in [0.25, 0.3) is 10.8 Å². The molecule has 0 saturated heterocycles. The molecule has 4 nitrogen and oxygen atoms in total. The van der Waals surface area contributed by atoms with E-state index in [2.05, 4.69) is 0 Å². The van der Waals surface area contributed by atoms with E-state index in [4.69, 9.17) is 9.47 Å². The molecule has 3 unspecified atom stereocenters. The molecule has 0 heterocycles. The summed E-state index contributed by atoms with van der Waals surface area (Å²) in [7, 11) is 0. The van der Waals surface area contributed by atoms with Crippen LogP contribution >= 0.6 is 0 Å². The molecule has 28 heavy (non-hydrogen) atoms. The Labute approximate surface area is 166 Å². The summed E-state index contributed by atoms with van der Waals surface area (Å²) in [5.41, 5.74) is -0.548. The Balaban J connectivity index is 1.59. The quantitative estimate of drug-likeness (QED) is 0.506. The summed E-state index contributed by atoms with van der Waals surface area (Å²) in [6, 6.07) is 11.1. The standard InChI is InChI=1S/C24H28O4/c1-4-24(2,3)23(26)28-21-12-11-20(17-7-5-6-8-18(17)21)27-22(25)19-14-15-9-10-16(19)13-15/h5-8,11-12,15-16,19H,4,9-10,13-14H2,1-3H3. The molecular weight excluding hydrogens is 352 g/mol. The first-order valence-corrected chi connectivity index (χ1v) is 10.3. The third-order valence-corrected chi connectivity index (χ3v) is 6.73. The van der Waals surface area contributed by atoms with E-state index in [9.17, 15) is 9.59 Å². The second kappa shape index (κ2) is 7.23. The van der Waals surface area contributed by atoms with Crippen LogP contribution in [0.15, 0.2) is 36.4 Å². The average molecular weight is 380 g/mol. The molecule has 2 aliphatic carbocycles. The number of benzene rings is 2. The lowest BCUT2D eigenvalue weighted by Gasteiger charge is -2.22. The molecule has 0 aliphatic heterocycles. The minimum absolute atomic E-state index is 0.0281. The highest BCUT2D eigenvalue weighted by Crippen LogP contribution is 2.49. The molecule has 2 aromatic carbocycles. The topological polar surface area (TPSA) is 52.6 Å². The maximum absolute atomic E-state index is 12.8. The largest absolute Gasteiger partial charge is 0.426 e. The molecule has 2 aromatic rings. The molecule has 2 aliphatic rings. The van der Waals surface area contributed by atoms with E-state index in [0.29, 0.717) is 29.8 Å². The predicted molar refractivity (Wildman–Crippen MR) is 108 cm³/mol. The number of hydrogen-bond acceptors (Lipinski definition) is 4. The number of ether oxygens (including phenoxy) is 2. The van der Waals surface area contributed by atoms with Gasteiger partial charge in [0.2, 0.25) is 0 Å². The highest BCUT2D eigenvalue weighted by molar-refractivity contribution is 5.96. The zero-order valence-corrected chi connectivity index (χ0v) is 16.9. The lowest BCUT2D eigenvalue weighted by atomic mass is 9.89. The second-order valence-corrected chi connectivity index (χ2v) is 8.94. The van der Waals surface area contributed by atoms with Crippen molar-refractivity contribution >= 4 is 22.7 Å². The maximum Gasteiger partial charge on any atom is 0.316 e. The Bertz CT molecular complexity index is 914. The van der Waals surface area contributed by atoms with E-state index < -0.39 is 5.41 Å². The van der Waals surface area contributed by atoms with Crippen molar-refractivity contribution in [2.45, 2.75) is 52.9 Å². The van der Waals surface area contributed by atoms with Crippen molar-refractivity contribution < 1.29 is 19.1 Å². The van der Waals surface area contributed by atoms with Gasteiger partial charge >= 0.3 is 11.9 Å². The van der Waals surface area contributed by atoms with E-state index in [1.165, 1.54) is 12.8 Å². The van der Waals surface area contributed by atoms with Gasteiger partial charge < -0.3 is 9.47 Å². The van der Waals surface area contributed by atoms with Gasteiger partial charge in [-0.25, -0.2) is 0 Å². The SMILES string of the molecule is CCC(C)(C)C(=O)Oc1ccc(OC(=O)C2CC3CCC2C3)c2ccccc12. The van der Waals surface area contributed by atoms with Gasteiger partial charge in [0.1, 0.15) is 11.5 Å². The van der Waals surface area contributed by atoms with E-state index in [1.807, 2.05) is 45.0 Å². The van der Waals surface area contributed by atoms with Gasteiger partial charge in [0, 0.05) is 10.8 Å². The summed E-state index contributed by atoms with van der Waals surface area (Å²) < 4.78 is 11.5. The summed E-state index contributed by atoms with van der Waals surface area (Å²) in [4.78, 5) is 25.3. The molecule has 4 rings (SSSR count). The van der Waals surface area contributed by atoms with Crippen molar-refractivity contribution in [3.63, 3.8) is 0 Å². The molecule has 0 aromatic heterocycles. The number of carbonyl (C=O) groups excluding carboxylic acids is 2. The van der Waals surface area contributed by atoms with Crippen LogP contribution in [0.4, 0.5) is 0 Å². The van der Waals surface area contributed by atoms with Crippen LogP contribution in [-0.4, -0.2) is 11.9 Å². The number of rotatable bonds is 5. The fourth-order valence-corrected chi connectivity index (χ4v) is 4.52. The van der Waals surface area contributed by atoms with Gasteiger partial charge in [-0.05, 0) is 63.5 Å². The Hall–Kier alpha value is -2.36. The van der Waals surface area contributed by atoms with Crippen molar-refractivity contribution in [1.29, 1.82) is 0 Å². The molecule has 2 fully saturated rings. The average Bonchev–Trinajstić information content (AvgIpc) is 3.33. The molecule has 0 amide bonds. The van der Waals surface area contributed by atoms with Crippen LogP contribution in [0, 0.1) is 23.2 Å². The van der Waals surface area contributed by atoms with Crippen molar-refractivity contribution in [3.05, 3.63) is 36.4 Å². The van der Waals surface area contributed by atoms with Crippen LogP contribution in [0.3, 0.4) is 0 Å². The smallest absolute Gasteiger partial charge is 0.316 e. The first-order valence-electron chi connectivity index (χ1n) is 10.3. The Morgan fingerprint density at radius 1 is 0.964 bits per heavy atom. The van der Waals surface area contributed by atoms with Gasteiger partial charge in [-0.3, -0.25) is 9.59 Å². The van der Waals surface area contributed by atoms with Gasteiger partial charge in [0.15, 0.2) is 0 Å². The minimum Gasteiger partial charge on any atom is -0.426 e. The van der Waals surface area contributed by atoms with E-state index in [0.717, 1.165) is 23.6 Å². The molecule has 2 bridgehead atoms. The summed E-state index contributed by atoms with van der Waals surface area (Å²) in [6.07, 6.45) is 5.23. The highest BCUT2D eigenvalue weighted by Gasteiger charge is 2.44. The van der Waals surface area contributed by atoms with Gasteiger partial charge in [-0.2, -0.15) is 0 Å². The van der Waals surface area contributed by atoms with Crippen molar-refractivity contribution in [1.82, 2.24) is 0 Å². The monoisotopic (exact) mass is 380 g/mol. The minimum atomic E-state index is -0.548. The van der Waals surface area contributed by atoms with Crippen LogP contribution in [0.2, 0.25) is 0 Å². The van der Waals surface area contributed by atoms with Gasteiger partial charge in [0.25, 0.3) is 0 Å². The number of esters is 2. The summed E-state index contributed by atoms with van der Waals surface area (Å²) >= 11 is 0. The van der Waals surface area contributed by atoms with Crippen molar-refractivity contribution in [2.75, 3.05) is 0 Å². The van der Waals surface area contributed by atoms with Crippen LogP contribution < -0.4 is 9.47 Å². The fraction of sp³-hybridized carbons (Fsp3) is 0.500. The maximum atomic E-state index is 12.8. The van der Waals surface area contributed by atoms with Gasteiger partial charge in [0.05, 0.1) is 11.3 Å². The Kier molecular flexibility index (Phi) is 4.90. The Morgan fingerprint density at radius 3 is 2.14 bits per heavy atom. The van der Waals surface area contributed by atoms with E-state index in [-0.39, 0.29) is 17.9 Å². The molecule has 0 radical (unpaired) electrons. The third kappa shape index (κ3) is 3.41. The van der Waals surface area contributed by atoms with Gasteiger partial charge in [-0.1, -0.05) is 37.6 Å². The van der Waals surface area contributed by atoms with Crippen molar-refractivity contribution in [3.8, 4) is 11.5 Å². The van der Waals surface area contributed by atoms with Crippen LogP contribution in [0.1, 0.15) is 52.9 Å². The Morgan fingerprint density at radius 2 is 1.61 bits per heavy atom. The molecular formula is C24H28O4. The molecule has 0 spiro atoms. The summed E-state index contributed by atoms with van der Waals surface area (Å²) in [5.74, 6) is 1.88. The van der Waals surface area contributed by atoms with Crippen LogP contribution in [-0.2, 0) is 9.59 Å². The number of hydrogen-bond donors (Lipinski definition) is 0. The third-order valence-electron chi connectivity index (χ3n) is 6.73. The zero-order valence-electron chi connectivity index (χ0n) is 16.9. The molecule has 2 saturated carbocycles. The number of carbonyl (C=O) groups is 2. The second-order valence-electron chi connectivity index (χ2n) is 8.94. The first-order chi connectivity index (χ1) is 13.4. The lowest BCUT2D eigenvalue weighted by molar-refractivity contribution is -0.144. The molecule has 148 valence electrons. The summed E-state index contributed by atoms with van der Waals surface area (Å²) in [6.45, 7) is 5.73. The van der Waals surface area contributed by atoms with E-state index >= 15 is 0 Å².